The van der Waals surface area contributed by atoms with Gasteiger partial charge in [0.05, 0.1) is 12.2 Å². The Morgan fingerprint density at radius 3 is 2.69 bits per heavy atom. The molecule has 134 valence electrons. The highest BCUT2D eigenvalue weighted by Gasteiger charge is 2.13. The van der Waals surface area contributed by atoms with Crippen LogP contribution in [0.15, 0.2) is 44.8 Å². The van der Waals surface area contributed by atoms with Gasteiger partial charge in [-0.25, -0.2) is 4.98 Å². The summed E-state index contributed by atoms with van der Waals surface area (Å²) in [5.74, 6) is -0.679. The van der Waals surface area contributed by atoms with E-state index in [0.717, 1.165) is 11.3 Å². The van der Waals surface area contributed by atoms with Crippen molar-refractivity contribution in [2.24, 2.45) is 0 Å². The Hall–Kier alpha value is -2.45. The molecule has 0 saturated heterocycles. The fourth-order valence-corrected chi connectivity index (χ4v) is 3.25. The molecule has 0 radical (unpaired) electrons. The van der Waals surface area contributed by atoms with Crippen molar-refractivity contribution in [3.8, 4) is 11.3 Å². The maximum Gasteiger partial charge on any atom is 0.287 e. The molecule has 0 saturated carbocycles. The number of rotatable bonds is 5. The van der Waals surface area contributed by atoms with Crippen molar-refractivity contribution in [1.82, 2.24) is 10.3 Å². The van der Waals surface area contributed by atoms with Crippen LogP contribution in [-0.4, -0.2) is 23.3 Å². The fourth-order valence-electron chi connectivity index (χ4n) is 2.21. The SMILES string of the molecule is Cc1ccc(-c2csc(NC(=O)CNC(=O)c3ccc(Br)o3)n2)cc1C. The van der Waals surface area contributed by atoms with E-state index in [0.29, 0.717) is 9.80 Å². The van der Waals surface area contributed by atoms with Crippen LogP contribution in [0.4, 0.5) is 5.13 Å². The lowest BCUT2D eigenvalue weighted by Crippen LogP contribution is -2.32. The van der Waals surface area contributed by atoms with E-state index in [1.54, 1.807) is 6.07 Å². The number of anilines is 1. The second-order valence-electron chi connectivity index (χ2n) is 5.67. The minimum atomic E-state index is -0.458. The third-order valence-electron chi connectivity index (χ3n) is 3.76. The summed E-state index contributed by atoms with van der Waals surface area (Å²) in [6.45, 7) is 3.94. The van der Waals surface area contributed by atoms with Gasteiger partial charge in [-0.15, -0.1) is 11.3 Å². The van der Waals surface area contributed by atoms with Gasteiger partial charge in [0.1, 0.15) is 0 Å². The molecule has 1 aromatic carbocycles. The smallest absolute Gasteiger partial charge is 0.287 e. The minimum absolute atomic E-state index is 0.135. The van der Waals surface area contributed by atoms with Crippen molar-refractivity contribution < 1.29 is 14.0 Å². The average molecular weight is 434 g/mol. The van der Waals surface area contributed by atoms with Crippen LogP contribution < -0.4 is 10.6 Å². The molecule has 0 bridgehead atoms. The zero-order valence-electron chi connectivity index (χ0n) is 14.1. The van der Waals surface area contributed by atoms with E-state index >= 15 is 0 Å². The Balaban J connectivity index is 1.57. The molecule has 2 heterocycles. The number of halogens is 1. The van der Waals surface area contributed by atoms with Crippen LogP contribution in [0, 0.1) is 13.8 Å². The van der Waals surface area contributed by atoms with E-state index in [1.165, 1.54) is 28.5 Å². The van der Waals surface area contributed by atoms with Crippen LogP contribution in [0.2, 0.25) is 0 Å². The van der Waals surface area contributed by atoms with E-state index in [2.05, 4.69) is 44.5 Å². The number of furan rings is 1. The number of aryl methyl sites for hydroxylation is 2. The predicted octanol–water partition coefficient (Wildman–Crippen LogP) is 4.15. The van der Waals surface area contributed by atoms with Gasteiger partial charge in [-0.2, -0.15) is 0 Å². The maximum absolute atomic E-state index is 12.0. The number of hydrogen-bond acceptors (Lipinski definition) is 5. The molecule has 2 amide bonds. The summed E-state index contributed by atoms with van der Waals surface area (Å²) < 4.78 is 5.58. The molecule has 0 fully saturated rings. The molecule has 0 spiro atoms. The van der Waals surface area contributed by atoms with Crippen LogP contribution in [0.25, 0.3) is 11.3 Å². The number of carbonyl (C=O) groups is 2. The molecular weight excluding hydrogens is 418 g/mol. The highest BCUT2D eigenvalue weighted by atomic mass is 79.9. The Morgan fingerprint density at radius 2 is 2.00 bits per heavy atom. The molecule has 0 unspecified atom stereocenters. The Bertz CT molecular complexity index is 964. The van der Waals surface area contributed by atoms with Gasteiger partial charge >= 0.3 is 0 Å². The molecule has 0 aliphatic rings. The van der Waals surface area contributed by atoms with E-state index < -0.39 is 5.91 Å². The second kappa shape index (κ2) is 7.84. The minimum Gasteiger partial charge on any atom is -0.444 e. The number of carbonyl (C=O) groups excluding carboxylic acids is 2. The summed E-state index contributed by atoms with van der Waals surface area (Å²) in [4.78, 5) is 28.3. The number of thiazole rings is 1. The topological polar surface area (TPSA) is 84.2 Å². The molecule has 6 nitrogen and oxygen atoms in total. The fraction of sp³-hybridized carbons (Fsp3) is 0.167. The average Bonchev–Trinajstić information content (AvgIpc) is 3.24. The van der Waals surface area contributed by atoms with Crippen molar-refractivity contribution in [1.29, 1.82) is 0 Å². The monoisotopic (exact) mass is 433 g/mol. The molecule has 8 heteroatoms. The van der Waals surface area contributed by atoms with Crippen LogP contribution >= 0.6 is 27.3 Å². The van der Waals surface area contributed by atoms with Gasteiger partial charge < -0.3 is 15.1 Å². The van der Waals surface area contributed by atoms with Crippen molar-refractivity contribution >= 4 is 44.2 Å². The molecule has 3 rings (SSSR count). The van der Waals surface area contributed by atoms with E-state index in [-0.39, 0.29) is 18.2 Å². The second-order valence-corrected chi connectivity index (χ2v) is 7.31. The molecule has 0 atom stereocenters. The third-order valence-corrected chi connectivity index (χ3v) is 4.94. The van der Waals surface area contributed by atoms with E-state index in [9.17, 15) is 9.59 Å². The highest BCUT2D eigenvalue weighted by Crippen LogP contribution is 2.26. The lowest BCUT2D eigenvalue weighted by Gasteiger charge is -2.04. The van der Waals surface area contributed by atoms with Gasteiger partial charge in [-0.3, -0.25) is 9.59 Å². The van der Waals surface area contributed by atoms with Gasteiger partial charge in [0.15, 0.2) is 15.6 Å². The van der Waals surface area contributed by atoms with Gasteiger partial charge in [-0.1, -0.05) is 12.1 Å². The number of aromatic nitrogens is 1. The molecule has 2 N–H and O–H groups in total. The van der Waals surface area contributed by atoms with Crippen LogP contribution in [0.5, 0.6) is 0 Å². The maximum atomic E-state index is 12.0. The third kappa shape index (κ3) is 4.39. The predicted molar refractivity (Wildman–Crippen MR) is 104 cm³/mol. The van der Waals surface area contributed by atoms with E-state index in [4.69, 9.17) is 4.42 Å². The van der Waals surface area contributed by atoms with E-state index in [1.807, 2.05) is 24.4 Å². The summed E-state index contributed by atoms with van der Waals surface area (Å²) in [7, 11) is 0. The van der Waals surface area contributed by atoms with Crippen molar-refractivity contribution in [3.63, 3.8) is 0 Å². The number of nitrogens with zero attached hydrogens (tertiary/aromatic N) is 1. The quantitative estimate of drug-likeness (QED) is 0.632. The first-order valence-electron chi connectivity index (χ1n) is 7.79. The Labute approximate surface area is 162 Å². The van der Waals surface area contributed by atoms with Crippen LogP contribution in [0.3, 0.4) is 0 Å². The van der Waals surface area contributed by atoms with Gasteiger partial charge in [-0.05, 0) is 59.1 Å². The molecule has 26 heavy (non-hydrogen) atoms. The molecule has 0 aliphatic carbocycles. The summed E-state index contributed by atoms with van der Waals surface area (Å²) in [6.07, 6.45) is 0. The van der Waals surface area contributed by atoms with Crippen molar-refractivity contribution in [2.75, 3.05) is 11.9 Å². The van der Waals surface area contributed by atoms with Gasteiger partial charge in [0, 0.05) is 10.9 Å². The molecular formula is C18H16BrN3O3S. The van der Waals surface area contributed by atoms with Crippen molar-refractivity contribution in [3.05, 3.63) is 57.3 Å². The van der Waals surface area contributed by atoms with Crippen LogP contribution in [-0.2, 0) is 4.79 Å². The molecule has 0 aliphatic heterocycles. The summed E-state index contributed by atoms with van der Waals surface area (Å²) in [6, 6.07) is 9.25. The number of hydrogen-bond donors (Lipinski definition) is 2. The first kappa shape index (κ1) is 18.3. The Morgan fingerprint density at radius 1 is 1.19 bits per heavy atom. The summed E-state index contributed by atoms with van der Waals surface area (Å²) in [5, 5.41) is 7.55. The largest absolute Gasteiger partial charge is 0.444 e. The first-order chi connectivity index (χ1) is 12.4. The lowest BCUT2D eigenvalue weighted by atomic mass is 10.1. The molecule has 3 aromatic rings. The van der Waals surface area contributed by atoms with Crippen LogP contribution in [0.1, 0.15) is 21.7 Å². The normalized spacial score (nSPS) is 10.6. The Kier molecular flexibility index (Phi) is 5.53. The first-order valence-corrected chi connectivity index (χ1v) is 9.46. The zero-order valence-corrected chi connectivity index (χ0v) is 16.5. The summed E-state index contributed by atoms with van der Waals surface area (Å²) >= 11 is 4.46. The molecule has 2 aromatic heterocycles. The highest BCUT2D eigenvalue weighted by molar-refractivity contribution is 9.10. The summed E-state index contributed by atoms with van der Waals surface area (Å²) in [5.41, 5.74) is 4.21. The number of amides is 2. The standard InChI is InChI=1S/C18H16BrN3O3S/c1-10-3-4-12(7-11(10)2)13-9-26-18(21-13)22-16(23)8-20-17(24)14-5-6-15(19)25-14/h3-7,9H,8H2,1-2H3,(H,20,24)(H,21,22,23). The number of nitrogens with one attached hydrogen (secondary N) is 2. The number of benzene rings is 1. The lowest BCUT2D eigenvalue weighted by molar-refractivity contribution is -0.115. The van der Waals surface area contributed by atoms with Gasteiger partial charge in [0.25, 0.3) is 5.91 Å². The van der Waals surface area contributed by atoms with Gasteiger partial charge in [0.2, 0.25) is 5.91 Å². The zero-order chi connectivity index (χ0) is 18.7. The van der Waals surface area contributed by atoms with Crippen molar-refractivity contribution in [2.45, 2.75) is 13.8 Å².